The molecule has 0 aromatic carbocycles. The number of hydrogen-bond acceptors (Lipinski definition) is 3. The van der Waals surface area contributed by atoms with Crippen LogP contribution in [0.25, 0.3) is 0 Å². The summed E-state index contributed by atoms with van der Waals surface area (Å²) in [5, 5.41) is 0. The quantitative estimate of drug-likeness (QED) is 0.791. The molecule has 2 unspecified atom stereocenters. The average Bonchev–Trinajstić information content (AvgIpc) is 2.71. The molecule has 0 bridgehead atoms. The van der Waals surface area contributed by atoms with Gasteiger partial charge in [0.15, 0.2) is 0 Å². The van der Waals surface area contributed by atoms with Gasteiger partial charge in [0.1, 0.15) is 0 Å². The number of likely N-dealkylation sites (tertiary alicyclic amines) is 1. The minimum atomic E-state index is 0.319. The van der Waals surface area contributed by atoms with Gasteiger partial charge in [0.25, 0.3) is 0 Å². The molecular formula is C18H37N3. The molecule has 0 aromatic heterocycles. The molecule has 3 nitrogen and oxygen atoms in total. The van der Waals surface area contributed by atoms with Crippen molar-refractivity contribution in [3.8, 4) is 0 Å². The molecule has 0 spiro atoms. The van der Waals surface area contributed by atoms with Gasteiger partial charge in [-0.3, -0.25) is 4.90 Å². The van der Waals surface area contributed by atoms with Crippen LogP contribution in [0.15, 0.2) is 0 Å². The van der Waals surface area contributed by atoms with Gasteiger partial charge in [-0.15, -0.1) is 0 Å². The highest BCUT2D eigenvalue weighted by molar-refractivity contribution is 4.96. The Morgan fingerprint density at radius 2 is 1.81 bits per heavy atom. The van der Waals surface area contributed by atoms with Crippen molar-refractivity contribution in [2.45, 2.75) is 76.3 Å². The maximum absolute atomic E-state index is 6.30. The smallest absolute Gasteiger partial charge is 0.0331 e. The first-order chi connectivity index (χ1) is 10.1. The normalized spacial score (nSPS) is 33.3. The van der Waals surface area contributed by atoms with E-state index in [1.54, 1.807) is 0 Å². The lowest BCUT2D eigenvalue weighted by Gasteiger charge is -2.47. The van der Waals surface area contributed by atoms with Crippen LogP contribution < -0.4 is 5.73 Å². The number of piperidine rings is 1. The molecule has 2 N–H and O–H groups in total. The Kier molecular flexibility index (Phi) is 6.51. The summed E-state index contributed by atoms with van der Waals surface area (Å²) >= 11 is 0. The monoisotopic (exact) mass is 295 g/mol. The van der Waals surface area contributed by atoms with Gasteiger partial charge in [-0.25, -0.2) is 0 Å². The molecule has 124 valence electrons. The Balaban J connectivity index is 1.95. The summed E-state index contributed by atoms with van der Waals surface area (Å²) in [6, 6.07) is 0.773. The summed E-state index contributed by atoms with van der Waals surface area (Å²) in [5.41, 5.74) is 6.62. The second-order valence-electron chi connectivity index (χ2n) is 7.70. The molecule has 1 saturated carbocycles. The molecule has 1 aliphatic heterocycles. The van der Waals surface area contributed by atoms with Crippen molar-refractivity contribution < 1.29 is 0 Å². The number of hydrogen-bond donors (Lipinski definition) is 1. The van der Waals surface area contributed by atoms with Crippen LogP contribution in [0.4, 0.5) is 0 Å². The van der Waals surface area contributed by atoms with Crippen LogP contribution in [-0.4, -0.2) is 55.1 Å². The highest BCUT2D eigenvalue weighted by Crippen LogP contribution is 2.37. The van der Waals surface area contributed by atoms with E-state index in [1.165, 1.54) is 70.9 Å². The minimum Gasteiger partial charge on any atom is -0.329 e. The summed E-state index contributed by atoms with van der Waals surface area (Å²) in [4.78, 5) is 5.16. The SMILES string of the molecule is CCCC1CCCC(CN)(N2CCC(N(C)C)CC2)CC1. The van der Waals surface area contributed by atoms with E-state index >= 15 is 0 Å². The Labute approximate surface area is 132 Å². The molecule has 2 fully saturated rings. The lowest BCUT2D eigenvalue weighted by atomic mass is 9.85. The fraction of sp³-hybridized carbons (Fsp3) is 1.00. The average molecular weight is 296 g/mol. The van der Waals surface area contributed by atoms with Crippen molar-refractivity contribution in [1.82, 2.24) is 9.80 Å². The highest BCUT2D eigenvalue weighted by atomic mass is 15.2. The van der Waals surface area contributed by atoms with E-state index in [-0.39, 0.29) is 0 Å². The van der Waals surface area contributed by atoms with Gasteiger partial charge >= 0.3 is 0 Å². The van der Waals surface area contributed by atoms with E-state index in [0.717, 1.165) is 18.5 Å². The molecule has 0 radical (unpaired) electrons. The molecule has 2 atom stereocenters. The molecule has 1 saturated heterocycles. The van der Waals surface area contributed by atoms with E-state index in [4.69, 9.17) is 5.73 Å². The third-order valence-corrected chi connectivity index (χ3v) is 6.21. The Morgan fingerprint density at radius 1 is 1.10 bits per heavy atom. The van der Waals surface area contributed by atoms with Crippen molar-refractivity contribution in [2.24, 2.45) is 11.7 Å². The van der Waals surface area contributed by atoms with Gasteiger partial charge in [0.05, 0.1) is 0 Å². The maximum Gasteiger partial charge on any atom is 0.0331 e. The maximum atomic E-state index is 6.30. The molecule has 21 heavy (non-hydrogen) atoms. The number of nitrogens with zero attached hydrogens (tertiary/aromatic N) is 2. The van der Waals surface area contributed by atoms with Crippen molar-refractivity contribution in [2.75, 3.05) is 33.7 Å². The number of rotatable bonds is 5. The number of nitrogens with two attached hydrogens (primary N) is 1. The van der Waals surface area contributed by atoms with Crippen molar-refractivity contribution in [3.05, 3.63) is 0 Å². The zero-order valence-electron chi connectivity index (χ0n) is 14.6. The summed E-state index contributed by atoms with van der Waals surface area (Å²) in [6.45, 7) is 5.68. The van der Waals surface area contributed by atoms with Gasteiger partial charge in [-0.2, -0.15) is 0 Å². The Morgan fingerprint density at radius 3 is 2.38 bits per heavy atom. The largest absolute Gasteiger partial charge is 0.329 e. The summed E-state index contributed by atoms with van der Waals surface area (Å²) in [6.07, 6.45) is 12.3. The molecule has 1 heterocycles. The lowest BCUT2D eigenvalue weighted by Crippen LogP contribution is -2.57. The Bertz CT molecular complexity index is 297. The first kappa shape index (κ1) is 17.2. The van der Waals surface area contributed by atoms with Gasteiger partial charge in [0.2, 0.25) is 0 Å². The summed E-state index contributed by atoms with van der Waals surface area (Å²) < 4.78 is 0. The van der Waals surface area contributed by atoms with E-state index in [2.05, 4.69) is 30.8 Å². The zero-order chi connectivity index (χ0) is 15.3. The first-order valence-corrected chi connectivity index (χ1v) is 9.23. The standard InChI is InChI=1S/C18H37N3/c1-4-6-16-7-5-11-18(15-19,12-8-16)21-13-9-17(10-14-21)20(2)3/h16-17H,4-15,19H2,1-3H3. The topological polar surface area (TPSA) is 32.5 Å². The lowest BCUT2D eigenvalue weighted by molar-refractivity contribution is 0.0337. The first-order valence-electron chi connectivity index (χ1n) is 9.23. The molecule has 2 rings (SSSR count). The fourth-order valence-corrected chi connectivity index (χ4v) is 4.66. The van der Waals surface area contributed by atoms with Crippen LogP contribution in [-0.2, 0) is 0 Å². The van der Waals surface area contributed by atoms with Crippen LogP contribution in [0, 0.1) is 5.92 Å². The predicted octanol–water partition coefficient (Wildman–Crippen LogP) is 3.09. The second-order valence-corrected chi connectivity index (χ2v) is 7.70. The summed E-state index contributed by atoms with van der Waals surface area (Å²) in [7, 11) is 4.44. The van der Waals surface area contributed by atoms with Crippen molar-refractivity contribution in [3.63, 3.8) is 0 Å². The zero-order valence-corrected chi connectivity index (χ0v) is 14.6. The van der Waals surface area contributed by atoms with Crippen LogP contribution in [0.2, 0.25) is 0 Å². The third kappa shape index (κ3) is 4.20. The van der Waals surface area contributed by atoms with Crippen LogP contribution in [0.5, 0.6) is 0 Å². The van der Waals surface area contributed by atoms with Gasteiger partial charge in [0, 0.05) is 31.2 Å². The van der Waals surface area contributed by atoms with Crippen LogP contribution in [0.3, 0.4) is 0 Å². The molecule has 0 aromatic rings. The van der Waals surface area contributed by atoms with E-state index in [1.807, 2.05) is 0 Å². The van der Waals surface area contributed by atoms with Gasteiger partial charge in [-0.05, 0) is 52.1 Å². The third-order valence-electron chi connectivity index (χ3n) is 6.21. The van der Waals surface area contributed by atoms with Gasteiger partial charge in [-0.1, -0.05) is 32.6 Å². The molecule has 0 amide bonds. The Hall–Kier alpha value is -0.120. The van der Waals surface area contributed by atoms with Crippen molar-refractivity contribution in [1.29, 1.82) is 0 Å². The van der Waals surface area contributed by atoms with Crippen molar-refractivity contribution >= 4 is 0 Å². The summed E-state index contributed by atoms with van der Waals surface area (Å²) in [5.74, 6) is 0.961. The van der Waals surface area contributed by atoms with E-state index in [9.17, 15) is 0 Å². The van der Waals surface area contributed by atoms with Crippen LogP contribution in [0.1, 0.15) is 64.7 Å². The minimum absolute atomic E-state index is 0.319. The fourth-order valence-electron chi connectivity index (χ4n) is 4.66. The predicted molar refractivity (Wildman–Crippen MR) is 91.6 cm³/mol. The molecule has 2 aliphatic rings. The molecule has 3 heteroatoms. The molecular weight excluding hydrogens is 258 g/mol. The van der Waals surface area contributed by atoms with E-state index < -0.39 is 0 Å². The van der Waals surface area contributed by atoms with Gasteiger partial charge < -0.3 is 10.6 Å². The molecule has 1 aliphatic carbocycles. The van der Waals surface area contributed by atoms with E-state index in [0.29, 0.717) is 5.54 Å². The second kappa shape index (κ2) is 7.94. The highest BCUT2D eigenvalue weighted by Gasteiger charge is 2.39. The van der Waals surface area contributed by atoms with Crippen LogP contribution >= 0.6 is 0 Å².